The summed E-state index contributed by atoms with van der Waals surface area (Å²) >= 11 is 0. The van der Waals surface area contributed by atoms with Crippen molar-refractivity contribution in [2.24, 2.45) is 0 Å². The molecule has 0 spiro atoms. The summed E-state index contributed by atoms with van der Waals surface area (Å²) in [5.74, 6) is 0.914. The molecule has 2 aliphatic rings. The Labute approximate surface area is 154 Å². The van der Waals surface area contributed by atoms with Crippen molar-refractivity contribution in [2.75, 3.05) is 13.1 Å². The highest BCUT2D eigenvalue weighted by atomic mass is 16.4. The minimum absolute atomic E-state index is 0.176. The van der Waals surface area contributed by atoms with Gasteiger partial charge in [0.15, 0.2) is 11.6 Å². The summed E-state index contributed by atoms with van der Waals surface area (Å²) in [5.41, 5.74) is 4.43. The Bertz CT molecular complexity index is 808. The van der Waals surface area contributed by atoms with Gasteiger partial charge in [0, 0.05) is 32.6 Å². The number of hydrogen-bond acceptors (Lipinski definition) is 4. The smallest absolute Gasteiger partial charge is 0.273 e. The maximum Gasteiger partial charge on any atom is 0.273 e. The third-order valence-corrected chi connectivity index (χ3v) is 5.77. The molecular weight excluding hydrogens is 326 g/mol. The van der Waals surface area contributed by atoms with Crippen molar-refractivity contribution in [2.45, 2.75) is 58.5 Å². The quantitative estimate of drug-likeness (QED) is 0.917. The van der Waals surface area contributed by atoms with Crippen molar-refractivity contribution in [3.05, 3.63) is 52.2 Å². The van der Waals surface area contributed by atoms with E-state index in [0.29, 0.717) is 23.9 Å². The topological polar surface area (TPSA) is 58.4 Å². The minimum Gasteiger partial charge on any atom is -0.445 e. The Morgan fingerprint density at radius 1 is 1.23 bits per heavy atom. The number of oxazole rings is 1. The molecule has 1 saturated carbocycles. The molecule has 0 saturated heterocycles. The zero-order valence-electron chi connectivity index (χ0n) is 15.7. The van der Waals surface area contributed by atoms with Crippen LogP contribution < -0.4 is 5.32 Å². The second kappa shape index (κ2) is 7.23. The van der Waals surface area contributed by atoms with Crippen LogP contribution in [-0.2, 0) is 19.4 Å². The SMILES string of the molecule is Cc1nc(C(=O)NCc2ccc3c(c2)CCN(C2CCC2)CC3)c(C)o1. The summed E-state index contributed by atoms with van der Waals surface area (Å²) in [6.07, 6.45) is 6.37. The van der Waals surface area contributed by atoms with Crippen molar-refractivity contribution in [1.29, 1.82) is 0 Å². The van der Waals surface area contributed by atoms with Crippen LogP contribution in [0.15, 0.2) is 22.6 Å². The molecule has 2 aromatic rings. The van der Waals surface area contributed by atoms with Gasteiger partial charge >= 0.3 is 0 Å². The van der Waals surface area contributed by atoms with Crippen LogP contribution in [0.2, 0.25) is 0 Å². The summed E-state index contributed by atoms with van der Waals surface area (Å²) in [5, 5.41) is 2.97. The van der Waals surface area contributed by atoms with Gasteiger partial charge in [0.25, 0.3) is 5.91 Å². The Kier molecular flexibility index (Phi) is 4.81. The lowest BCUT2D eigenvalue weighted by Gasteiger charge is -2.36. The van der Waals surface area contributed by atoms with E-state index in [-0.39, 0.29) is 5.91 Å². The van der Waals surface area contributed by atoms with Crippen molar-refractivity contribution in [3.8, 4) is 0 Å². The first-order valence-corrected chi connectivity index (χ1v) is 9.67. The van der Waals surface area contributed by atoms with Crippen molar-refractivity contribution in [1.82, 2.24) is 15.2 Å². The van der Waals surface area contributed by atoms with Crippen molar-refractivity contribution < 1.29 is 9.21 Å². The highest BCUT2D eigenvalue weighted by Gasteiger charge is 2.26. The maximum atomic E-state index is 12.3. The van der Waals surface area contributed by atoms with Gasteiger partial charge in [-0.2, -0.15) is 0 Å². The zero-order chi connectivity index (χ0) is 18.1. The second-order valence-corrected chi connectivity index (χ2v) is 7.54. The first-order chi connectivity index (χ1) is 12.6. The van der Waals surface area contributed by atoms with Gasteiger partial charge in [0.05, 0.1) is 0 Å². The van der Waals surface area contributed by atoms with Crippen LogP contribution in [0.1, 0.15) is 58.1 Å². The number of hydrogen-bond donors (Lipinski definition) is 1. The molecule has 1 aromatic carbocycles. The average Bonchev–Trinajstić information content (AvgIpc) is 2.79. The van der Waals surface area contributed by atoms with Gasteiger partial charge in [0.2, 0.25) is 0 Å². The largest absolute Gasteiger partial charge is 0.445 e. The van der Waals surface area contributed by atoms with Gasteiger partial charge in [0.1, 0.15) is 5.76 Å². The van der Waals surface area contributed by atoms with Gasteiger partial charge in [-0.3, -0.25) is 9.69 Å². The number of nitrogens with one attached hydrogen (secondary N) is 1. The summed E-state index contributed by atoms with van der Waals surface area (Å²) in [6, 6.07) is 7.46. The van der Waals surface area contributed by atoms with Crippen LogP contribution in [0.4, 0.5) is 0 Å². The second-order valence-electron chi connectivity index (χ2n) is 7.54. The van der Waals surface area contributed by atoms with Crippen LogP contribution in [0.25, 0.3) is 0 Å². The molecular formula is C21H27N3O2. The van der Waals surface area contributed by atoms with Crippen molar-refractivity contribution in [3.63, 3.8) is 0 Å². The molecule has 1 aromatic heterocycles. The van der Waals surface area contributed by atoms with E-state index in [2.05, 4.69) is 33.4 Å². The lowest BCUT2D eigenvalue weighted by Crippen LogP contribution is -2.41. The molecule has 1 N–H and O–H groups in total. The molecule has 138 valence electrons. The van der Waals surface area contributed by atoms with Crippen LogP contribution in [0.5, 0.6) is 0 Å². The highest BCUT2D eigenvalue weighted by Crippen LogP contribution is 2.27. The number of carbonyl (C=O) groups is 1. The van der Waals surface area contributed by atoms with E-state index in [4.69, 9.17) is 4.42 Å². The average molecular weight is 353 g/mol. The molecule has 1 amide bonds. The zero-order valence-corrected chi connectivity index (χ0v) is 15.7. The number of benzene rings is 1. The van der Waals surface area contributed by atoms with Crippen molar-refractivity contribution >= 4 is 5.91 Å². The fourth-order valence-corrected chi connectivity index (χ4v) is 4.03. The summed E-state index contributed by atoms with van der Waals surface area (Å²) < 4.78 is 5.34. The Balaban J connectivity index is 1.39. The van der Waals surface area contributed by atoms with Gasteiger partial charge in [-0.1, -0.05) is 24.6 Å². The predicted octanol–water partition coefficient (Wildman–Crippen LogP) is 3.17. The molecule has 2 heterocycles. The standard InChI is InChI=1S/C21H27N3O2/c1-14-20(23-15(2)26-14)21(25)22-13-16-6-7-17-8-10-24(19-4-3-5-19)11-9-18(17)12-16/h6-7,12,19H,3-5,8-11,13H2,1-2H3,(H,22,25). The third kappa shape index (κ3) is 3.54. The number of rotatable bonds is 4. The maximum absolute atomic E-state index is 12.3. The summed E-state index contributed by atoms with van der Waals surface area (Å²) in [4.78, 5) is 19.1. The van der Waals surface area contributed by atoms with Crippen LogP contribution in [0.3, 0.4) is 0 Å². The molecule has 0 bridgehead atoms. The first-order valence-electron chi connectivity index (χ1n) is 9.67. The number of nitrogens with zero attached hydrogens (tertiary/aromatic N) is 2. The number of aryl methyl sites for hydroxylation is 2. The van der Waals surface area contributed by atoms with Crippen LogP contribution in [-0.4, -0.2) is 34.9 Å². The van der Waals surface area contributed by atoms with Crippen LogP contribution >= 0.6 is 0 Å². The van der Waals surface area contributed by atoms with Gasteiger partial charge in [-0.15, -0.1) is 0 Å². The molecule has 1 fully saturated rings. The monoisotopic (exact) mass is 353 g/mol. The Hall–Kier alpha value is -2.14. The molecule has 1 aliphatic carbocycles. The number of aromatic nitrogens is 1. The molecule has 5 nitrogen and oxygen atoms in total. The number of fused-ring (bicyclic) bond motifs is 1. The van der Waals surface area contributed by atoms with Gasteiger partial charge < -0.3 is 9.73 Å². The van der Waals surface area contributed by atoms with E-state index in [9.17, 15) is 4.79 Å². The van der Waals surface area contributed by atoms with E-state index >= 15 is 0 Å². The lowest BCUT2D eigenvalue weighted by molar-refractivity contribution is 0.0945. The molecule has 0 radical (unpaired) electrons. The van der Waals surface area contributed by atoms with Gasteiger partial charge in [-0.05, 0) is 49.3 Å². The predicted molar refractivity (Wildman–Crippen MR) is 100 cm³/mol. The minimum atomic E-state index is -0.176. The van der Waals surface area contributed by atoms with E-state index in [0.717, 1.165) is 31.0 Å². The molecule has 0 unspecified atom stereocenters. The molecule has 5 heteroatoms. The fraction of sp³-hybridized carbons (Fsp3) is 0.524. The molecule has 1 aliphatic heterocycles. The summed E-state index contributed by atoms with van der Waals surface area (Å²) in [6.45, 7) is 6.38. The Morgan fingerprint density at radius 2 is 2.00 bits per heavy atom. The van der Waals surface area contributed by atoms with Gasteiger partial charge in [-0.25, -0.2) is 4.98 Å². The summed E-state index contributed by atoms with van der Waals surface area (Å²) in [7, 11) is 0. The first kappa shape index (κ1) is 17.3. The highest BCUT2D eigenvalue weighted by molar-refractivity contribution is 5.93. The number of amides is 1. The molecule has 0 atom stereocenters. The molecule has 26 heavy (non-hydrogen) atoms. The lowest BCUT2D eigenvalue weighted by atomic mass is 9.91. The third-order valence-electron chi connectivity index (χ3n) is 5.77. The Morgan fingerprint density at radius 3 is 2.65 bits per heavy atom. The fourth-order valence-electron chi connectivity index (χ4n) is 4.03. The van der Waals surface area contributed by atoms with E-state index in [1.165, 1.54) is 36.9 Å². The normalized spacial score (nSPS) is 18.1. The van der Waals surface area contributed by atoms with Crippen LogP contribution in [0, 0.1) is 13.8 Å². The van der Waals surface area contributed by atoms with E-state index < -0.39 is 0 Å². The number of carbonyl (C=O) groups excluding carboxylic acids is 1. The van der Waals surface area contributed by atoms with E-state index in [1.54, 1.807) is 13.8 Å². The molecule has 4 rings (SSSR count). The van der Waals surface area contributed by atoms with E-state index in [1.807, 2.05) is 0 Å².